The Morgan fingerprint density at radius 3 is 2.52 bits per heavy atom. The van der Waals surface area contributed by atoms with Gasteiger partial charge in [0.15, 0.2) is 18.2 Å². The lowest BCUT2D eigenvalue weighted by Gasteiger charge is -2.29. The summed E-state index contributed by atoms with van der Waals surface area (Å²) in [6, 6.07) is 12.7. The molecule has 0 saturated heterocycles. The van der Waals surface area contributed by atoms with Gasteiger partial charge in [0.05, 0.1) is 0 Å². The molecule has 29 heavy (non-hydrogen) atoms. The lowest BCUT2D eigenvalue weighted by Crippen LogP contribution is -2.49. The van der Waals surface area contributed by atoms with Gasteiger partial charge in [0.2, 0.25) is 5.91 Å². The van der Waals surface area contributed by atoms with Crippen LogP contribution in [0.5, 0.6) is 5.75 Å². The van der Waals surface area contributed by atoms with Crippen LogP contribution in [0.2, 0.25) is 0 Å². The van der Waals surface area contributed by atoms with Crippen LogP contribution in [0.25, 0.3) is 0 Å². The zero-order valence-corrected chi connectivity index (χ0v) is 18.4. The van der Waals surface area contributed by atoms with E-state index in [9.17, 15) is 14.0 Å². The van der Waals surface area contributed by atoms with Gasteiger partial charge in [0.1, 0.15) is 6.04 Å². The summed E-state index contributed by atoms with van der Waals surface area (Å²) < 4.78 is 20.0. The molecule has 1 N–H and O–H groups in total. The first-order valence-corrected chi connectivity index (χ1v) is 10.3. The van der Waals surface area contributed by atoms with Crippen LogP contribution < -0.4 is 10.1 Å². The van der Waals surface area contributed by atoms with Crippen molar-refractivity contribution in [3.63, 3.8) is 0 Å². The second-order valence-electron chi connectivity index (χ2n) is 7.19. The monoisotopic (exact) mass is 464 g/mol. The Labute approximate surface area is 179 Å². The van der Waals surface area contributed by atoms with Crippen molar-refractivity contribution < 1.29 is 18.7 Å². The number of carbonyl (C=O) groups is 2. The van der Waals surface area contributed by atoms with Crippen molar-refractivity contribution in [3.8, 4) is 5.75 Å². The minimum atomic E-state index is -0.704. The molecule has 2 amide bonds. The quantitative estimate of drug-likeness (QED) is 0.605. The number of hydrogen-bond acceptors (Lipinski definition) is 3. The van der Waals surface area contributed by atoms with Crippen molar-refractivity contribution in [3.05, 3.63) is 64.4 Å². The van der Waals surface area contributed by atoms with E-state index in [-0.39, 0.29) is 24.8 Å². The zero-order chi connectivity index (χ0) is 21.4. The third-order valence-corrected chi connectivity index (χ3v) is 4.77. The lowest BCUT2D eigenvalue weighted by atomic mass is 10.1. The van der Waals surface area contributed by atoms with Crippen molar-refractivity contribution >= 4 is 27.7 Å². The van der Waals surface area contributed by atoms with Gasteiger partial charge in [-0.1, -0.05) is 54.0 Å². The number of nitrogens with one attached hydrogen (secondary N) is 1. The number of ether oxygens (including phenoxy) is 1. The molecule has 0 spiro atoms. The fourth-order valence-electron chi connectivity index (χ4n) is 2.65. The van der Waals surface area contributed by atoms with Crippen molar-refractivity contribution in [2.24, 2.45) is 5.92 Å². The van der Waals surface area contributed by atoms with Crippen LogP contribution in [-0.4, -0.2) is 35.9 Å². The molecular weight excluding hydrogens is 439 g/mol. The molecule has 0 radical (unpaired) electrons. The number of carbonyl (C=O) groups excluding carboxylic acids is 2. The summed E-state index contributed by atoms with van der Waals surface area (Å²) >= 11 is 3.42. The van der Waals surface area contributed by atoms with Crippen LogP contribution in [0.1, 0.15) is 26.3 Å². The smallest absolute Gasteiger partial charge is 0.261 e. The summed E-state index contributed by atoms with van der Waals surface area (Å²) in [5.41, 5.74) is 0.863. The molecule has 0 aromatic heterocycles. The molecular formula is C22H26BrFN2O3. The average Bonchev–Trinajstić information content (AvgIpc) is 2.69. The molecule has 0 aliphatic rings. The van der Waals surface area contributed by atoms with Crippen LogP contribution in [0.4, 0.5) is 4.39 Å². The predicted octanol–water partition coefficient (Wildman–Crippen LogP) is 4.16. The number of halogens is 2. The van der Waals surface area contributed by atoms with E-state index in [1.54, 1.807) is 19.1 Å². The Hall–Kier alpha value is -2.41. The Morgan fingerprint density at radius 1 is 1.14 bits per heavy atom. The van der Waals surface area contributed by atoms with E-state index < -0.39 is 17.8 Å². The van der Waals surface area contributed by atoms with Crippen LogP contribution >= 0.6 is 15.9 Å². The Bertz CT molecular complexity index is 844. The Balaban J connectivity index is 2.14. The molecule has 2 aromatic rings. The molecule has 0 aliphatic heterocycles. The van der Waals surface area contributed by atoms with Gasteiger partial charge in [-0.05, 0) is 42.7 Å². The summed E-state index contributed by atoms with van der Waals surface area (Å²) in [5, 5.41) is 2.85. The average molecular weight is 465 g/mol. The Kier molecular flexibility index (Phi) is 8.64. The van der Waals surface area contributed by atoms with Gasteiger partial charge in [-0.25, -0.2) is 4.39 Å². The van der Waals surface area contributed by atoms with Gasteiger partial charge in [0, 0.05) is 17.6 Å². The van der Waals surface area contributed by atoms with E-state index in [1.165, 1.54) is 17.0 Å². The van der Waals surface area contributed by atoms with Crippen LogP contribution in [0, 0.1) is 11.7 Å². The standard InChI is InChI=1S/C22H26BrFN2O3/c1-15(2)12-25-22(28)16(3)26(13-17-7-6-8-18(23)11-17)21(27)14-29-20-10-5-4-9-19(20)24/h4-11,15-16H,12-14H2,1-3H3,(H,25,28)/t16-/m1/s1. The minimum absolute atomic E-state index is 0.000155. The van der Waals surface area contributed by atoms with Gasteiger partial charge in [0.25, 0.3) is 5.91 Å². The molecule has 2 rings (SSSR count). The predicted molar refractivity (Wildman–Crippen MR) is 114 cm³/mol. The van der Waals surface area contributed by atoms with Crippen LogP contribution in [0.3, 0.4) is 0 Å². The summed E-state index contributed by atoms with van der Waals surface area (Å²) in [6.45, 7) is 6.06. The summed E-state index contributed by atoms with van der Waals surface area (Å²) in [6.07, 6.45) is 0. The van der Waals surface area contributed by atoms with E-state index in [2.05, 4.69) is 21.2 Å². The molecule has 5 nitrogen and oxygen atoms in total. The van der Waals surface area contributed by atoms with Gasteiger partial charge in [-0.15, -0.1) is 0 Å². The SMILES string of the molecule is CC(C)CNC(=O)[C@@H](C)N(Cc1cccc(Br)c1)C(=O)COc1ccccc1F. The molecule has 2 aromatic carbocycles. The van der Waals surface area contributed by atoms with Crippen LogP contribution in [0.15, 0.2) is 53.0 Å². The fourth-order valence-corrected chi connectivity index (χ4v) is 3.10. The van der Waals surface area contributed by atoms with E-state index >= 15 is 0 Å². The van der Waals surface area contributed by atoms with Gasteiger partial charge in [-0.2, -0.15) is 0 Å². The van der Waals surface area contributed by atoms with E-state index in [1.807, 2.05) is 38.1 Å². The normalized spacial score (nSPS) is 11.8. The summed E-state index contributed by atoms with van der Waals surface area (Å²) in [7, 11) is 0. The van der Waals surface area contributed by atoms with Crippen molar-refractivity contribution in [2.45, 2.75) is 33.4 Å². The maximum atomic E-state index is 13.8. The van der Waals surface area contributed by atoms with Crippen molar-refractivity contribution in [1.29, 1.82) is 0 Å². The number of benzene rings is 2. The first kappa shape index (κ1) is 22.9. The zero-order valence-electron chi connectivity index (χ0n) is 16.8. The highest BCUT2D eigenvalue weighted by atomic mass is 79.9. The number of hydrogen-bond donors (Lipinski definition) is 1. The van der Waals surface area contributed by atoms with Crippen molar-refractivity contribution in [2.75, 3.05) is 13.2 Å². The molecule has 0 fully saturated rings. The topological polar surface area (TPSA) is 58.6 Å². The highest BCUT2D eigenvalue weighted by Gasteiger charge is 2.26. The lowest BCUT2D eigenvalue weighted by molar-refractivity contribution is -0.142. The van der Waals surface area contributed by atoms with Crippen molar-refractivity contribution in [1.82, 2.24) is 10.2 Å². The second kappa shape index (κ2) is 11.0. The third-order valence-electron chi connectivity index (χ3n) is 4.28. The second-order valence-corrected chi connectivity index (χ2v) is 8.10. The number of amides is 2. The fraction of sp³-hybridized carbons (Fsp3) is 0.364. The number of para-hydroxylation sites is 1. The molecule has 0 saturated carbocycles. The molecule has 156 valence electrons. The largest absolute Gasteiger partial charge is 0.481 e. The Morgan fingerprint density at radius 2 is 1.86 bits per heavy atom. The maximum Gasteiger partial charge on any atom is 0.261 e. The first-order chi connectivity index (χ1) is 13.8. The van der Waals surface area contributed by atoms with Gasteiger partial charge < -0.3 is 15.0 Å². The van der Waals surface area contributed by atoms with Gasteiger partial charge >= 0.3 is 0 Å². The first-order valence-electron chi connectivity index (χ1n) is 9.47. The highest BCUT2D eigenvalue weighted by molar-refractivity contribution is 9.10. The molecule has 0 unspecified atom stereocenters. The molecule has 7 heteroatoms. The van der Waals surface area contributed by atoms with E-state index in [0.29, 0.717) is 12.5 Å². The van der Waals surface area contributed by atoms with E-state index in [0.717, 1.165) is 10.0 Å². The number of nitrogens with zero attached hydrogens (tertiary/aromatic N) is 1. The molecule has 0 heterocycles. The molecule has 0 bridgehead atoms. The van der Waals surface area contributed by atoms with E-state index in [4.69, 9.17) is 4.74 Å². The summed E-state index contributed by atoms with van der Waals surface area (Å²) in [5.74, 6) is -0.889. The molecule has 0 aliphatic carbocycles. The maximum absolute atomic E-state index is 13.8. The molecule has 1 atom stereocenters. The third kappa shape index (κ3) is 7.16. The van der Waals surface area contributed by atoms with Gasteiger partial charge in [-0.3, -0.25) is 9.59 Å². The van der Waals surface area contributed by atoms with Crippen LogP contribution in [-0.2, 0) is 16.1 Å². The number of rotatable bonds is 9. The minimum Gasteiger partial charge on any atom is -0.481 e. The highest BCUT2D eigenvalue weighted by Crippen LogP contribution is 2.18. The summed E-state index contributed by atoms with van der Waals surface area (Å²) in [4.78, 5) is 26.9.